The van der Waals surface area contributed by atoms with Crippen LogP contribution in [0.15, 0.2) is 48.8 Å². The maximum atomic E-state index is 12.0. The highest BCUT2D eigenvalue weighted by Gasteiger charge is 2.13. The van der Waals surface area contributed by atoms with Crippen molar-refractivity contribution in [1.29, 1.82) is 0 Å². The molecule has 1 aromatic carbocycles. The number of hydrogen-bond acceptors (Lipinski definition) is 3. The number of carbonyl (C=O) groups excluding carboxylic acids is 1. The van der Waals surface area contributed by atoms with Crippen LogP contribution in [0.4, 0.5) is 0 Å². The van der Waals surface area contributed by atoms with Crippen molar-refractivity contribution in [2.45, 2.75) is 20.4 Å². The Kier molecular flexibility index (Phi) is 4.79. The second-order valence-corrected chi connectivity index (χ2v) is 5.90. The molecular weight excluding hydrogens is 314 g/mol. The normalized spacial score (nSPS) is 11.2. The third kappa shape index (κ3) is 3.85. The molecule has 2 heterocycles. The smallest absolute Gasteiger partial charge is 0.244 e. The summed E-state index contributed by atoms with van der Waals surface area (Å²) in [6.07, 6.45) is 6.82. The summed E-state index contributed by atoms with van der Waals surface area (Å²) < 4.78 is 3.60. The summed E-state index contributed by atoms with van der Waals surface area (Å²) in [5.74, 6) is -0.143. The fraction of sp³-hybridized carbons (Fsp3) is 0.211. The van der Waals surface area contributed by atoms with Crippen LogP contribution in [0.3, 0.4) is 0 Å². The Hall–Kier alpha value is -3.15. The van der Waals surface area contributed by atoms with E-state index >= 15 is 0 Å². The van der Waals surface area contributed by atoms with E-state index in [-0.39, 0.29) is 5.91 Å². The Balaban J connectivity index is 1.68. The number of hydrogen-bond donors (Lipinski definition) is 1. The van der Waals surface area contributed by atoms with E-state index in [1.165, 1.54) is 6.08 Å². The molecule has 0 saturated heterocycles. The van der Waals surface area contributed by atoms with Crippen LogP contribution >= 0.6 is 0 Å². The Morgan fingerprint density at radius 1 is 1.24 bits per heavy atom. The second kappa shape index (κ2) is 7.17. The van der Waals surface area contributed by atoms with E-state index in [9.17, 15) is 4.79 Å². The molecule has 0 aliphatic rings. The molecule has 0 unspecified atom stereocenters. The van der Waals surface area contributed by atoms with E-state index < -0.39 is 0 Å². The average Bonchev–Trinajstić information content (AvgIpc) is 3.15. The molecule has 0 atom stereocenters. The molecule has 6 nitrogen and oxygen atoms in total. The van der Waals surface area contributed by atoms with Gasteiger partial charge in [0.05, 0.1) is 17.6 Å². The van der Waals surface area contributed by atoms with Crippen molar-refractivity contribution in [3.63, 3.8) is 0 Å². The summed E-state index contributed by atoms with van der Waals surface area (Å²) >= 11 is 0. The largest absolute Gasteiger partial charge is 0.348 e. The van der Waals surface area contributed by atoms with Crippen LogP contribution in [-0.4, -0.2) is 25.5 Å². The molecule has 3 aromatic rings. The van der Waals surface area contributed by atoms with Crippen molar-refractivity contribution in [2.24, 2.45) is 7.05 Å². The molecule has 0 saturated carbocycles. The zero-order valence-corrected chi connectivity index (χ0v) is 14.6. The van der Waals surface area contributed by atoms with Gasteiger partial charge in [-0.15, -0.1) is 0 Å². The number of amides is 1. The maximum absolute atomic E-state index is 12.0. The van der Waals surface area contributed by atoms with Crippen LogP contribution in [0.25, 0.3) is 11.8 Å². The molecule has 0 aliphatic heterocycles. The molecule has 1 amide bonds. The monoisotopic (exact) mass is 335 g/mol. The highest BCUT2D eigenvalue weighted by Crippen LogP contribution is 2.17. The molecule has 25 heavy (non-hydrogen) atoms. The molecular formula is C19H21N5O. The zero-order valence-electron chi connectivity index (χ0n) is 14.6. The second-order valence-electron chi connectivity index (χ2n) is 5.90. The van der Waals surface area contributed by atoms with Crippen LogP contribution in [0.1, 0.15) is 22.5 Å². The topological polar surface area (TPSA) is 64.7 Å². The predicted octanol–water partition coefficient (Wildman–Crippen LogP) is 2.55. The van der Waals surface area contributed by atoms with Gasteiger partial charge in [-0.25, -0.2) is 4.68 Å². The quantitative estimate of drug-likeness (QED) is 0.729. The van der Waals surface area contributed by atoms with Gasteiger partial charge in [-0.2, -0.15) is 10.2 Å². The first-order valence-corrected chi connectivity index (χ1v) is 8.09. The van der Waals surface area contributed by atoms with Crippen LogP contribution < -0.4 is 5.32 Å². The van der Waals surface area contributed by atoms with E-state index in [2.05, 4.69) is 15.5 Å². The molecule has 128 valence electrons. The zero-order chi connectivity index (χ0) is 17.8. The Labute approximate surface area is 146 Å². The van der Waals surface area contributed by atoms with Crippen molar-refractivity contribution in [3.05, 3.63) is 71.3 Å². The van der Waals surface area contributed by atoms with Crippen LogP contribution in [0, 0.1) is 13.8 Å². The van der Waals surface area contributed by atoms with Gasteiger partial charge in [0.2, 0.25) is 5.91 Å². The molecule has 0 radical (unpaired) electrons. The standard InChI is InChI=1S/C19H21N5O/c1-14-18(15(2)24(22-14)17-7-5-4-6-8-17)12-20-19(25)10-9-16-11-21-23(3)13-16/h4-11,13H,12H2,1-3H3,(H,20,25)/b10-9+. The summed E-state index contributed by atoms with van der Waals surface area (Å²) in [7, 11) is 1.84. The lowest BCUT2D eigenvalue weighted by Gasteiger charge is -2.06. The van der Waals surface area contributed by atoms with Gasteiger partial charge in [-0.1, -0.05) is 18.2 Å². The Morgan fingerprint density at radius 2 is 2.00 bits per heavy atom. The minimum absolute atomic E-state index is 0.143. The van der Waals surface area contributed by atoms with Gasteiger partial charge in [0.15, 0.2) is 0 Å². The highest BCUT2D eigenvalue weighted by molar-refractivity contribution is 5.91. The molecule has 2 aromatic heterocycles. The first-order valence-electron chi connectivity index (χ1n) is 8.09. The lowest BCUT2D eigenvalue weighted by Crippen LogP contribution is -2.21. The summed E-state index contributed by atoms with van der Waals surface area (Å²) in [5.41, 5.74) is 4.88. The van der Waals surface area contributed by atoms with Gasteiger partial charge in [0.25, 0.3) is 0 Å². The van der Waals surface area contributed by atoms with Crippen molar-refractivity contribution in [3.8, 4) is 5.69 Å². The van der Waals surface area contributed by atoms with Crippen molar-refractivity contribution in [2.75, 3.05) is 0 Å². The fourth-order valence-electron chi connectivity index (χ4n) is 2.68. The van der Waals surface area contributed by atoms with E-state index in [0.29, 0.717) is 6.54 Å². The lowest BCUT2D eigenvalue weighted by atomic mass is 10.2. The molecule has 1 N–H and O–H groups in total. The molecule has 6 heteroatoms. The van der Waals surface area contributed by atoms with Crippen molar-refractivity contribution < 1.29 is 4.79 Å². The van der Waals surface area contributed by atoms with Crippen LogP contribution in [0.5, 0.6) is 0 Å². The summed E-state index contributed by atoms with van der Waals surface area (Å²) in [6.45, 7) is 4.42. The van der Waals surface area contributed by atoms with Gasteiger partial charge in [0, 0.05) is 42.7 Å². The SMILES string of the molecule is Cc1nn(-c2ccccc2)c(C)c1CNC(=O)/C=C/c1cnn(C)c1. The summed E-state index contributed by atoms with van der Waals surface area (Å²) in [5, 5.41) is 11.6. The first-order chi connectivity index (χ1) is 12.0. The first kappa shape index (κ1) is 16.7. The number of benzene rings is 1. The van der Waals surface area contributed by atoms with E-state index in [4.69, 9.17) is 0 Å². The number of para-hydroxylation sites is 1. The third-order valence-corrected chi connectivity index (χ3v) is 4.03. The maximum Gasteiger partial charge on any atom is 0.244 e. The van der Waals surface area contributed by atoms with Gasteiger partial charge in [0.1, 0.15) is 0 Å². The van der Waals surface area contributed by atoms with Gasteiger partial charge in [-0.3, -0.25) is 9.48 Å². The van der Waals surface area contributed by atoms with Crippen LogP contribution in [-0.2, 0) is 18.4 Å². The molecule has 3 rings (SSSR count). The Morgan fingerprint density at radius 3 is 2.68 bits per heavy atom. The van der Waals surface area contributed by atoms with E-state index in [0.717, 1.165) is 28.2 Å². The van der Waals surface area contributed by atoms with Crippen molar-refractivity contribution >= 4 is 12.0 Å². The average molecular weight is 335 g/mol. The number of aromatic nitrogens is 4. The molecule has 0 fully saturated rings. The molecule has 0 aliphatic carbocycles. The van der Waals surface area contributed by atoms with Crippen LogP contribution in [0.2, 0.25) is 0 Å². The minimum Gasteiger partial charge on any atom is -0.348 e. The highest BCUT2D eigenvalue weighted by atomic mass is 16.1. The van der Waals surface area contributed by atoms with E-state index in [1.54, 1.807) is 17.0 Å². The lowest BCUT2D eigenvalue weighted by molar-refractivity contribution is -0.116. The minimum atomic E-state index is -0.143. The predicted molar refractivity (Wildman–Crippen MR) is 97.1 cm³/mol. The summed E-state index contributed by atoms with van der Waals surface area (Å²) in [4.78, 5) is 12.0. The number of nitrogens with one attached hydrogen (secondary N) is 1. The number of rotatable bonds is 5. The summed E-state index contributed by atoms with van der Waals surface area (Å²) in [6, 6.07) is 9.97. The third-order valence-electron chi connectivity index (χ3n) is 4.03. The number of aryl methyl sites for hydroxylation is 2. The van der Waals surface area contributed by atoms with Gasteiger partial charge in [-0.05, 0) is 32.1 Å². The van der Waals surface area contributed by atoms with Gasteiger partial charge >= 0.3 is 0 Å². The number of nitrogens with zero attached hydrogens (tertiary/aromatic N) is 4. The fourth-order valence-corrected chi connectivity index (χ4v) is 2.68. The van der Waals surface area contributed by atoms with Crippen molar-refractivity contribution in [1.82, 2.24) is 24.9 Å². The van der Waals surface area contributed by atoms with Gasteiger partial charge < -0.3 is 5.32 Å². The Bertz CT molecular complexity index is 905. The number of carbonyl (C=O) groups is 1. The van der Waals surface area contributed by atoms with E-state index in [1.807, 2.05) is 62.1 Å². The molecule has 0 bridgehead atoms. The molecule has 0 spiro atoms.